The number of amides is 2. The van der Waals surface area contributed by atoms with Crippen molar-refractivity contribution < 1.29 is 9.18 Å². The number of carbonyl (C=O) groups excluding carboxylic acids is 1. The molecule has 4 nitrogen and oxygen atoms in total. The quantitative estimate of drug-likeness (QED) is 0.857. The summed E-state index contributed by atoms with van der Waals surface area (Å²) in [7, 11) is 0. The maximum Gasteiger partial charge on any atom is 0.321 e. The van der Waals surface area contributed by atoms with Crippen molar-refractivity contribution in [2.24, 2.45) is 0 Å². The largest absolute Gasteiger partial charge is 0.368 e. The van der Waals surface area contributed by atoms with Gasteiger partial charge < -0.3 is 15.1 Å². The summed E-state index contributed by atoms with van der Waals surface area (Å²) < 4.78 is 13.2. The molecule has 1 heterocycles. The van der Waals surface area contributed by atoms with E-state index in [4.69, 9.17) is 11.6 Å². The van der Waals surface area contributed by atoms with Gasteiger partial charge in [-0.15, -0.1) is 0 Å². The Morgan fingerprint density at radius 2 is 1.76 bits per heavy atom. The highest BCUT2D eigenvalue weighted by molar-refractivity contribution is 6.31. The summed E-state index contributed by atoms with van der Waals surface area (Å²) in [4.78, 5) is 16.4. The van der Waals surface area contributed by atoms with Gasteiger partial charge in [0.05, 0.1) is 5.02 Å². The molecule has 2 aromatic carbocycles. The van der Waals surface area contributed by atoms with Crippen molar-refractivity contribution in [1.82, 2.24) is 4.90 Å². The van der Waals surface area contributed by atoms with Crippen molar-refractivity contribution in [1.29, 1.82) is 0 Å². The van der Waals surface area contributed by atoms with Crippen LogP contribution in [0.2, 0.25) is 5.02 Å². The zero-order valence-corrected chi connectivity index (χ0v) is 15.1. The van der Waals surface area contributed by atoms with E-state index < -0.39 is 5.82 Å². The summed E-state index contributed by atoms with van der Waals surface area (Å²) in [5, 5.41) is 2.77. The summed E-state index contributed by atoms with van der Waals surface area (Å²) in [6.45, 7) is 7.03. The summed E-state index contributed by atoms with van der Waals surface area (Å²) in [5.74, 6) is -0.498. The van der Waals surface area contributed by atoms with E-state index in [1.165, 1.54) is 35.0 Å². The average Bonchev–Trinajstić information content (AvgIpc) is 2.61. The Morgan fingerprint density at radius 3 is 2.40 bits per heavy atom. The number of carbonyl (C=O) groups is 1. The number of anilines is 2. The number of halogens is 2. The second-order valence-corrected chi connectivity index (χ2v) is 6.71. The molecule has 1 N–H and O–H groups in total. The first-order valence-corrected chi connectivity index (χ1v) is 8.65. The van der Waals surface area contributed by atoms with Gasteiger partial charge in [-0.05, 0) is 55.3 Å². The lowest BCUT2D eigenvalue weighted by molar-refractivity contribution is 0.208. The van der Waals surface area contributed by atoms with E-state index in [2.05, 4.69) is 42.3 Å². The molecule has 0 aromatic heterocycles. The molecule has 1 aliphatic rings. The molecule has 3 rings (SSSR count). The Labute approximate surface area is 152 Å². The van der Waals surface area contributed by atoms with Gasteiger partial charge in [-0.25, -0.2) is 9.18 Å². The molecule has 0 atom stereocenters. The van der Waals surface area contributed by atoms with Gasteiger partial charge in [-0.1, -0.05) is 17.7 Å². The van der Waals surface area contributed by atoms with Gasteiger partial charge in [0, 0.05) is 37.6 Å². The molecule has 25 heavy (non-hydrogen) atoms. The molecule has 132 valence electrons. The van der Waals surface area contributed by atoms with Crippen LogP contribution in [0.1, 0.15) is 11.1 Å². The third kappa shape index (κ3) is 4.04. The van der Waals surface area contributed by atoms with Crippen LogP contribution in [0.5, 0.6) is 0 Å². The fraction of sp³-hybridized carbons (Fsp3) is 0.316. The molecular weight excluding hydrogens is 341 g/mol. The molecule has 0 radical (unpaired) electrons. The highest BCUT2D eigenvalue weighted by Crippen LogP contribution is 2.22. The van der Waals surface area contributed by atoms with Crippen LogP contribution in [-0.2, 0) is 0 Å². The number of nitrogens with one attached hydrogen (secondary N) is 1. The monoisotopic (exact) mass is 361 g/mol. The predicted molar refractivity (Wildman–Crippen MR) is 100 cm³/mol. The first-order valence-electron chi connectivity index (χ1n) is 8.27. The molecule has 1 fully saturated rings. The molecule has 1 aliphatic heterocycles. The molecule has 2 amide bonds. The third-order valence-electron chi connectivity index (χ3n) is 4.59. The van der Waals surface area contributed by atoms with Crippen LogP contribution in [0.4, 0.5) is 20.6 Å². The number of rotatable bonds is 2. The average molecular weight is 362 g/mol. The van der Waals surface area contributed by atoms with E-state index >= 15 is 0 Å². The van der Waals surface area contributed by atoms with Crippen LogP contribution in [-0.4, -0.2) is 37.1 Å². The zero-order chi connectivity index (χ0) is 18.0. The van der Waals surface area contributed by atoms with Gasteiger partial charge in [0.25, 0.3) is 0 Å². The molecule has 0 aliphatic carbocycles. The summed E-state index contributed by atoms with van der Waals surface area (Å²) in [6, 6.07) is 10.4. The standard InChI is InChI=1S/C19H21ClFN3O/c1-13-3-5-16(11-14(13)2)23-7-9-24(10-8-23)19(25)22-15-4-6-18(21)17(20)12-15/h3-6,11-12H,7-10H2,1-2H3,(H,22,25). The van der Waals surface area contributed by atoms with Crippen LogP contribution in [0.25, 0.3) is 0 Å². The number of hydrogen-bond donors (Lipinski definition) is 1. The van der Waals surface area contributed by atoms with Crippen molar-refractivity contribution in [2.45, 2.75) is 13.8 Å². The van der Waals surface area contributed by atoms with Crippen molar-refractivity contribution >= 4 is 29.0 Å². The van der Waals surface area contributed by atoms with Crippen LogP contribution in [0, 0.1) is 19.7 Å². The summed E-state index contributed by atoms with van der Waals surface area (Å²) >= 11 is 5.75. The normalized spacial score (nSPS) is 14.6. The minimum atomic E-state index is -0.498. The second-order valence-electron chi connectivity index (χ2n) is 6.30. The highest BCUT2D eigenvalue weighted by atomic mass is 35.5. The van der Waals surface area contributed by atoms with E-state index in [1.807, 2.05) is 0 Å². The maximum absolute atomic E-state index is 13.2. The number of benzene rings is 2. The second kappa shape index (κ2) is 7.31. The minimum absolute atomic E-state index is 0.00244. The van der Waals surface area contributed by atoms with Crippen molar-refractivity contribution in [3.8, 4) is 0 Å². The zero-order valence-electron chi connectivity index (χ0n) is 14.4. The van der Waals surface area contributed by atoms with Gasteiger partial charge in [-0.2, -0.15) is 0 Å². The lowest BCUT2D eigenvalue weighted by atomic mass is 10.1. The number of urea groups is 1. The van der Waals surface area contributed by atoms with E-state index in [0.29, 0.717) is 18.8 Å². The topological polar surface area (TPSA) is 35.6 Å². The van der Waals surface area contributed by atoms with Crippen molar-refractivity contribution in [2.75, 3.05) is 36.4 Å². The fourth-order valence-corrected chi connectivity index (χ4v) is 3.05. The van der Waals surface area contributed by atoms with E-state index in [9.17, 15) is 9.18 Å². The molecule has 6 heteroatoms. The van der Waals surface area contributed by atoms with Gasteiger partial charge in [-0.3, -0.25) is 0 Å². The Hall–Kier alpha value is -2.27. The van der Waals surface area contributed by atoms with Gasteiger partial charge >= 0.3 is 6.03 Å². The molecular formula is C19H21ClFN3O. The summed E-state index contributed by atoms with van der Waals surface area (Å²) in [6.07, 6.45) is 0. The SMILES string of the molecule is Cc1ccc(N2CCN(C(=O)Nc3ccc(F)c(Cl)c3)CC2)cc1C. The lowest BCUT2D eigenvalue weighted by Gasteiger charge is -2.36. The Bertz CT molecular complexity index is 788. The van der Waals surface area contributed by atoms with E-state index in [-0.39, 0.29) is 11.1 Å². The number of nitrogens with zero attached hydrogens (tertiary/aromatic N) is 2. The van der Waals surface area contributed by atoms with Gasteiger partial charge in [0.15, 0.2) is 0 Å². The van der Waals surface area contributed by atoms with Crippen molar-refractivity contribution in [3.63, 3.8) is 0 Å². The highest BCUT2D eigenvalue weighted by Gasteiger charge is 2.21. The number of piperazine rings is 1. The Kier molecular flexibility index (Phi) is 5.13. The first-order chi connectivity index (χ1) is 11.9. The van der Waals surface area contributed by atoms with Crippen LogP contribution >= 0.6 is 11.6 Å². The maximum atomic E-state index is 13.2. The van der Waals surface area contributed by atoms with E-state index in [0.717, 1.165) is 13.1 Å². The molecule has 0 saturated carbocycles. The number of aryl methyl sites for hydroxylation is 2. The van der Waals surface area contributed by atoms with Gasteiger partial charge in [0.1, 0.15) is 5.82 Å². The third-order valence-corrected chi connectivity index (χ3v) is 4.88. The smallest absolute Gasteiger partial charge is 0.321 e. The predicted octanol–water partition coefficient (Wildman–Crippen LogP) is 4.45. The Balaban J connectivity index is 1.58. The molecule has 0 spiro atoms. The van der Waals surface area contributed by atoms with Gasteiger partial charge in [0.2, 0.25) is 0 Å². The molecule has 0 bridgehead atoms. The van der Waals surface area contributed by atoms with Crippen LogP contribution in [0.15, 0.2) is 36.4 Å². The van der Waals surface area contributed by atoms with Crippen molar-refractivity contribution in [3.05, 3.63) is 58.4 Å². The lowest BCUT2D eigenvalue weighted by Crippen LogP contribution is -2.50. The minimum Gasteiger partial charge on any atom is -0.368 e. The fourth-order valence-electron chi connectivity index (χ4n) is 2.87. The Morgan fingerprint density at radius 1 is 1.04 bits per heavy atom. The number of hydrogen-bond acceptors (Lipinski definition) is 2. The molecule has 1 saturated heterocycles. The molecule has 0 unspecified atom stereocenters. The summed E-state index contributed by atoms with van der Waals surface area (Å²) in [5.41, 5.74) is 4.23. The first kappa shape index (κ1) is 17.5. The van der Waals surface area contributed by atoms with Crippen LogP contribution in [0.3, 0.4) is 0 Å². The molecule has 2 aromatic rings. The van der Waals surface area contributed by atoms with E-state index in [1.54, 1.807) is 4.90 Å². The van der Waals surface area contributed by atoms with Crippen LogP contribution < -0.4 is 10.2 Å².